The molecular formula is C10H11N3. The molecule has 0 fully saturated rings. The molecule has 0 bridgehead atoms. The standard InChI is InChI=1S/C10H11N3/c1-8(10(12)13-7-11)9-5-3-2-4-6-9/h2-6,8H,1H3,(H2,12,13). The first kappa shape index (κ1) is 9.27. The monoisotopic (exact) mass is 173 g/mol. The molecule has 0 saturated carbocycles. The Kier molecular flexibility index (Phi) is 3.04. The van der Waals surface area contributed by atoms with E-state index in [0.29, 0.717) is 5.84 Å². The van der Waals surface area contributed by atoms with Crippen molar-refractivity contribution in [1.29, 1.82) is 5.26 Å². The lowest BCUT2D eigenvalue weighted by Gasteiger charge is -2.08. The van der Waals surface area contributed by atoms with E-state index < -0.39 is 0 Å². The summed E-state index contributed by atoms with van der Waals surface area (Å²) in [5.74, 6) is 0.356. The Morgan fingerprint density at radius 3 is 2.62 bits per heavy atom. The number of hydrogen-bond acceptors (Lipinski definition) is 2. The Labute approximate surface area is 77.5 Å². The van der Waals surface area contributed by atoms with Crippen LogP contribution in [0.1, 0.15) is 18.4 Å². The number of nitrogens with zero attached hydrogens (tertiary/aromatic N) is 2. The van der Waals surface area contributed by atoms with E-state index in [4.69, 9.17) is 11.0 Å². The SMILES string of the molecule is CC(C(N)=NC#N)c1ccccc1. The molecule has 3 heteroatoms. The average molecular weight is 173 g/mol. The molecule has 1 atom stereocenters. The van der Waals surface area contributed by atoms with E-state index in [2.05, 4.69) is 4.99 Å². The van der Waals surface area contributed by atoms with E-state index in [0.717, 1.165) is 5.56 Å². The number of nitriles is 1. The number of nitrogens with two attached hydrogens (primary N) is 1. The van der Waals surface area contributed by atoms with Gasteiger partial charge in [0.05, 0.1) is 0 Å². The molecule has 0 aliphatic carbocycles. The van der Waals surface area contributed by atoms with Crippen LogP contribution in [0.4, 0.5) is 0 Å². The largest absolute Gasteiger partial charge is 0.386 e. The van der Waals surface area contributed by atoms with Crippen molar-refractivity contribution in [3.8, 4) is 6.19 Å². The fourth-order valence-electron chi connectivity index (χ4n) is 1.07. The highest BCUT2D eigenvalue weighted by atomic mass is 14.9. The third kappa shape index (κ3) is 2.31. The summed E-state index contributed by atoms with van der Waals surface area (Å²) < 4.78 is 0. The van der Waals surface area contributed by atoms with Gasteiger partial charge in [-0.2, -0.15) is 10.3 Å². The highest BCUT2D eigenvalue weighted by molar-refractivity contribution is 5.87. The molecule has 0 aliphatic rings. The molecule has 66 valence electrons. The van der Waals surface area contributed by atoms with E-state index in [1.807, 2.05) is 37.3 Å². The number of aliphatic imine (C=N–C) groups is 1. The summed E-state index contributed by atoms with van der Waals surface area (Å²) in [6, 6.07) is 9.74. The molecule has 2 N–H and O–H groups in total. The quantitative estimate of drug-likeness (QED) is 0.419. The van der Waals surface area contributed by atoms with Crippen molar-refractivity contribution in [3.63, 3.8) is 0 Å². The van der Waals surface area contributed by atoms with Gasteiger partial charge < -0.3 is 5.73 Å². The van der Waals surface area contributed by atoms with Crippen LogP contribution in [0, 0.1) is 11.5 Å². The zero-order valence-electron chi connectivity index (χ0n) is 7.44. The van der Waals surface area contributed by atoms with Gasteiger partial charge in [-0.1, -0.05) is 37.3 Å². The predicted octanol–water partition coefficient (Wildman–Crippen LogP) is 1.63. The molecule has 0 spiro atoms. The van der Waals surface area contributed by atoms with Crippen LogP contribution < -0.4 is 5.73 Å². The molecule has 0 radical (unpaired) electrons. The van der Waals surface area contributed by atoms with Crippen molar-refractivity contribution >= 4 is 5.84 Å². The predicted molar refractivity (Wildman–Crippen MR) is 52.1 cm³/mol. The van der Waals surface area contributed by atoms with Gasteiger partial charge in [-0.15, -0.1) is 0 Å². The first-order chi connectivity index (χ1) is 6.25. The highest BCUT2D eigenvalue weighted by Gasteiger charge is 2.08. The van der Waals surface area contributed by atoms with Gasteiger partial charge >= 0.3 is 0 Å². The molecule has 1 unspecified atom stereocenters. The summed E-state index contributed by atoms with van der Waals surface area (Å²) in [5.41, 5.74) is 6.66. The first-order valence-electron chi connectivity index (χ1n) is 4.02. The van der Waals surface area contributed by atoms with Crippen molar-refractivity contribution in [2.75, 3.05) is 0 Å². The van der Waals surface area contributed by atoms with Crippen LogP contribution in [0.25, 0.3) is 0 Å². The molecule has 0 saturated heterocycles. The van der Waals surface area contributed by atoms with Gasteiger partial charge in [0.2, 0.25) is 6.19 Å². The highest BCUT2D eigenvalue weighted by Crippen LogP contribution is 2.13. The maximum Gasteiger partial charge on any atom is 0.207 e. The van der Waals surface area contributed by atoms with Crippen molar-refractivity contribution in [2.45, 2.75) is 12.8 Å². The van der Waals surface area contributed by atoms with Gasteiger partial charge in [0, 0.05) is 5.92 Å². The van der Waals surface area contributed by atoms with E-state index in [9.17, 15) is 0 Å². The molecule has 13 heavy (non-hydrogen) atoms. The minimum atomic E-state index is 0.000787. The number of hydrogen-bond donors (Lipinski definition) is 1. The maximum absolute atomic E-state index is 8.31. The summed E-state index contributed by atoms with van der Waals surface area (Å²) in [7, 11) is 0. The summed E-state index contributed by atoms with van der Waals surface area (Å²) in [6.45, 7) is 1.92. The molecule has 0 aromatic heterocycles. The topological polar surface area (TPSA) is 62.2 Å². The van der Waals surface area contributed by atoms with Gasteiger partial charge in [-0.3, -0.25) is 0 Å². The van der Waals surface area contributed by atoms with Crippen LogP contribution >= 0.6 is 0 Å². The van der Waals surface area contributed by atoms with Gasteiger partial charge in [0.1, 0.15) is 5.84 Å². The van der Waals surface area contributed by atoms with Crippen molar-refractivity contribution in [3.05, 3.63) is 35.9 Å². The molecule has 0 aliphatic heterocycles. The molecule has 1 aromatic rings. The minimum absolute atomic E-state index is 0.000787. The van der Waals surface area contributed by atoms with Crippen molar-refractivity contribution in [1.82, 2.24) is 0 Å². The van der Waals surface area contributed by atoms with E-state index in [1.54, 1.807) is 6.19 Å². The Morgan fingerprint density at radius 2 is 2.08 bits per heavy atom. The number of amidine groups is 1. The Balaban J connectivity index is 2.87. The average Bonchev–Trinajstić information content (AvgIpc) is 2.18. The first-order valence-corrected chi connectivity index (χ1v) is 4.02. The Bertz CT molecular complexity index is 335. The van der Waals surface area contributed by atoms with Crippen molar-refractivity contribution in [2.24, 2.45) is 10.7 Å². The van der Waals surface area contributed by atoms with Crippen LogP contribution in [0.2, 0.25) is 0 Å². The summed E-state index contributed by atoms with van der Waals surface area (Å²) >= 11 is 0. The van der Waals surface area contributed by atoms with Crippen LogP contribution in [0.5, 0.6) is 0 Å². The Hall–Kier alpha value is -1.82. The second-order valence-electron chi connectivity index (χ2n) is 2.77. The van der Waals surface area contributed by atoms with Crippen LogP contribution in [0.15, 0.2) is 35.3 Å². The third-order valence-corrected chi connectivity index (χ3v) is 1.92. The number of rotatable bonds is 2. The molecule has 0 amide bonds. The Morgan fingerprint density at radius 1 is 1.46 bits per heavy atom. The molecule has 1 rings (SSSR count). The van der Waals surface area contributed by atoms with E-state index in [1.165, 1.54) is 0 Å². The van der Waals surface area contributed by atoms with E-state index >= 15 is 0 Å². The third-order valence-electron chi connectivity index (χ3n) is 1.92. The second-order valence-corrected chi connectivity index (χ2v) is 2.77. The fraction of sp³-hybridized carbons (Fsp3) is 0.200. The minimum Gasteiger partial charge on any atom is -0.386 e. The molecular weight excluding hydrogens is 162 g/mol. The molecule has 1 aromatic carbocycles. The van der Waals surface area contributed by atoms with Gasteiger partial charge in [-0.05, 0) is 5.56 Å². The van der Waals surface area contributed by atoms with Gasteiger partial charge in [-0.25, -0.2) is 0 Å². The molecule has 0 heterocycles. The zero-order valence-corrected chi connectivity index (χ0v) is 7.44. The summed E-state index contributed by atoms with van der Waals surface area (Å²) in [5, 5.41) is 8.31. The van der Waals surface area contributed by atoms with Crippen LogP contribution in [-0.2, 0) is 0 Å². The summed E-state index contributed by atoms with van der Waals surface area (Å²) in [4.78, 5) is 3.50. The van der Waals surface area contributed by atoms with Crippen LogP contribution in [-0.4, -0.2) is 5.84 Å². The summed E-state index contributed by atoms with van der Waals surface area (Å²) in [6.07, 6.45) is 1.68. The smallest absolute Gasteiger partial charge is 0.207 e. The number of benzene rings is 1. The maximum atomic E-state index is 8.31. The zero-order chi connectivity index (χ0) is 9.68. The lowest BCUT2D eigenvalue weighted by molar-refractivity contribution is 1.00. The lowest BCUT2D eigenvalue weighted by atomic mass is 10.0. The molecule has 3 nitrogen and oxygen atoms in total. The van der Waals surface area contributed by atoms with Gasteiger partial charge in [0.15, 0.2) is 0 Å². The second kappa shape index (κ2) is 4.27. The van der Waals surface area contributed by atoms with Gasteiger partial charge in [0.25, 0.3) is 0 Å². The normalized spacial score (nSPS) is 13.4. The van der Waals surface area contributed by atoms with Crippen LogP contribution in [0.3, 0.4) is 0 Å². The van der Waals surface area contributed by atoms with E-state index in [-0.39, 0.29) is 5.92 Å². The lowest BCUT2D eigenvalue weighted by Crippen LogP contribution is -2.19. The van der Waals surface area contributed by atoms with Crippen molar-refractivity contribution < 1.29 is 0 Å². The fourth-order valence-corrected chi connectivity index (χ4v) is 1.07.